The highest BCUT2D eigenvalue weighted by Crippen LogP contribution is 3.07. The van der Waals surface area contributed by atoms with Crippen molar-refractivity contribution >= 4 is 0 Å². The fourth-order valence-corrected chi connectivity index (χ4v) is 10.5. The van der Waals surface area contributed by atoms with Gasteiger partial charge in [-0.25, -0.2) is 23.5 Å². The van der Waals surface area contributed by atoms with Gasteiger partial charge in [-0.05, 0) is 28.5 Å². The summed E-state index contributed by atoms with van der Waals surface area (Å²) >= 11 is 0. The lowest BCUT2D eigenvalue weighted by Crippen LogP contribution is -2.57. The minimum absolute atomic E-state index is 0.0585. The molecular formula is C29H23N3O2. The lowest BCUT2D eigenvalue weighted by atomic mass is 9.52. The third-order valence-electron chi connectivity index (χ3n) is 10.6. The zero-order valence-corrected chi connectivity index (χ0v) is 18.7. The van der Waals surface area contributed by atoms with Gasteiger partial charge in [-0.2, -0.15) is 0 Å². The number of hydrogen-bond donors (Lipinski definition) is 0. The number of aromatic nitrogens is 3. The number of fused-ring (bicyclic) bond motifs is 1. The first-order valence-electron chi connectivity index (χ1n) is 12.2. The summed E-state index contributed by atoms with van der Waals surface area (Å²) in [6, 6.07) is 33.1. The molecule has 6 aliphatic rings. The summed E-state index contributed by atoms with van der Waals surface area (Å²) in [7, 11) is 1.62. The SMILES string of the molecule is Cn1c(=O)n2n(c1=O)[C@H]1C3[C@@H]2[C@H]2[C@H]1[C@]1(c4ccccc4)C3(c3ccccc3)[C@]21c1ccccc1. The molecule has 3 aromatic carbocycles. The Bertz CT molecular complexity index is 1550. The molecule has 10 rings (SSSR count). The molecule has 1 aromatic heterocycles. The lowest BCUT2D eigenvalue weighted by Gasteiger charge is -2.53. The minimum atomic E-state index is -0.161. The molecule has 1 aliphatic heterocycles. The minimum Gasteiger partial charge on any atom is -0.246 e. The van der Waals surface area contributed by atoms with Crippen molar-refractivity contribution in [3.8, 4) is 0 Å². The molecule has 0 N–H and O–H groups in total. The van der Waals surface area contributed by atoms with E-state index in [-0.39, 0.29) is 45.6 Å². The van der Waals surface area contributed by atoms with E-state index in [4.69, 9.17) is 0 Å². The van der Waals surface area contributed by atoms with Crippen LogP contribution in [0.4, 0.5) is 0 Å². The van der Waals surface area contributed by atoms with Crippen LogP contribution < -0.4 is 11.4 Å². The van der Waals surface area contributed by atoms with Crippen molar-refractivity contribution in [2.45, 2.75) is 28.3 Å². The molecule has 5 saturated carbocycles. The van der Waals surface area contributed by atoms with Crippen LogP contribution in [0.3, 0.4) is 0 Å². The third-order valence-corrected chi connectivity index (χ3v) is 10.6. The average molecular weight is 446 g/mol. The quantitative estimate of drug-likeness (QED) is 0.487. The molecule has 166 valence electrons. The van der Waals surface area contributed by atoms with Crippen LogP contribution in [-0.4, -0.2) is 13.9 Å². The Kier molecular flexibility index (Phi) is 2.66. The van der Waals surface area contributed by atoms with Crippen LogP contribution in [0.25, 0.3) is 0 Å². The second kappa shape index (κ2) is 5.07. The first-order chi connectivity index (χ1) is 16.7. The number of hydrogen-bond acceptors (Lipinski definition) is 2. The van der Waals surface area contributed by atoms with Crippen molar-refractivity contribution < 1.29 is 0 Å². The lowest BCUT2D eigenvalue weighted by molar-refractivity contribution is 0.0240. The van der Waals surface area contributed by atoms with Gasteiger partial charge in [0.1, 0.15) is 0 Å². The van der Waals surface area contributed by atoms with Gasteiger partial charge in [0, 0.05) is 29.2 Å². The van der Waals surface area contributed by atoms with Crippen molar-refractivity contribution in [3.05, 3.63) is 129 Å². The average Bonchev–Trinajstić information content (AvgIpc) is 3.36. The normalized spacial score (nSPS) is 40.8. The molecule has 5 heteroatoms. The molecule has 0 amide bonds. The largest absolute Gasteiger partial charge is 0.347 e. The maximum atomic E-state index is 13.3. The van der Waals surface area contributed by atoms with Crippen LogP contribution in [0.5, 0.6) is 0 Å². The van der Waals surface area contributed by atoms with Crippen LogP contribution in [0.1, 0.15) is 28.8 Å². The third kappa shape index (κ3) is 1.27. The van der Waals surface area contributed by atoms with Gasteiger partial charge in [0.25, 0.3) is 0 Å². The second-order valence-electron chi connectivity index (χ2n) is 10.9. The van der Waals surface area contributed by atoms with E-state index in [1.54, 1.807) is 7.05 Å². The van der Waals surface area contributed by atoms with Gasteiger partial charge >= 0.3 is 11.4 Å². The Labute approximate surface area is 195 Å². The van der Waals surface area contributed by atoms with E-state index in [2.05, 4.69) is 91.0 Å². The first-order valence-corrected chi connectivity index (χ1v) is 12.2. The van der Waals surface area contributed by atoms with E-state index >= 15 is 0 Å². The highest BCUT2D eigenvalue weighted by molar-refractivity contribution is 5.79. The Morgan fingerprint density at radius 1 is 0.529 bits per heavy atom. The summed E-state index contributed by atoms with van der Waals surface area (Å²) in [5.41, 5.74) is 3.56. The monoisotopic (exact) mass is 445 g/mol. The van der Waals surface area contributed by atoms with E-state index in [9.17, 15) is 9.59 Å². The zero-order chi connectivity index (χ0) is 22.6. The van der Waals surface area contributed by atoms with Crippen molar-refractivity contribution in [2.24, 2.45) is 24.8 Å². The summed E-state index contributed by atoms with van der Waals surface area (Å²) in [5, 5.41) is 0. The van der Waals surface area contributed by atoms with Gasteiger partial charge < -0.3 is 0 Å². The molecule has 5 fully saturated rings. The molecule has 34 heavy (non-hydrogen) atoms. The topological polar surface area (TPSA) is 48.9 Å². The summed E-state index contributed by atoms with van der Waals surface area (Å²) < 4.78 is 4.99. The maximum Gasteiger partial charge on any atom is 0.347 e. The fourth-order valence-electron chi connectivity index (χ4n) is 10.5. The maximum absolute atomic E-state index is 13.3. The highest BCUT2D eigenvalue weighted by Gasteiger charge is 3.12. The first kappa shape index (κ1) is 17.8. The van der Waals surface area contributed by atoms with Crippen molar-refractivity contribution in [3.63, 3.8) is 0 Å². The Morgan fingerprint density at radius 3 is 1.21 bits per heavy atom. The fraction of sp³-hybridized carbons (Fsp3) is 0.310. The molecule has 5 bridgehead atoms. The van der Waals surface area contributed by atoms with Crippen molar-refractivity contribution in [2.75, 3.05) is 0 Å². The van der Waals surface area contributed by atoms with E-state index in [0.29, 0.717) is 11.8 Å². The van der Waals surface area contributed by atoms with Crippen molar-refractivity contribution in [1.82, 2.24) is 13.9 Å². The molecule has 2 heterocycles. The van der Waals surface area contributed by atoms with Gasteiger partial charge in [-0.3, -0.25) is 0 Å². The highest BCUT2D eigenvalue weighted by atomic mass is 16.2. The van der Waals surface area contributed by atoms with Gasteiger partial charge in [0.15, 0.2) is 0 Å². The van der Waals surface area contributed by atoms with Crippen LogP contribution >= 0.6 is 0 Å². The number of rotatable bonds is 3. The number of nitrogens with zero attached hydrogens (tertiary/aromatic N) is 3. The van der Waals surface area contributed by atoms with Crippen LogP contribution in [0, 0.1) is 17.8 Å². The van der Waals surface area contributed by atoms with E-state index in [1.807, 2.05) is 9.36 Å². The zero-order valence-electron chi connectivity index (χ0n) is 18.7. The summed E-state index contributed by atoms with van der Waals surface area (Å²) in [5.74, 6) is 0.946. The standard InChI is InChI=1S/C29H23N3O2/c1-30-25(33)31-23-20-21-24(32(31)26(30)34)22(23)29(19-15-9-4-10-16-19)27(20,17-11-5-2-6-12-17)28(21,29)18-13-7-3-8-14-18/h2-16,20-24H,1H3/t20-,21-,22?,23-,24+,27+,28-,29?/m1/s1. The van der Waals surface area contributed by atoms with E-state index in [0.717, 1.165) is 0 Å². The number of benzene rings is 3. The molecule has 0 radical (unpaired) electrons. The van der Waals surface area contributed by atoms with Crippen LogP contribution in [0.2, 0.25) is 0 Å². The molecule has 5 aliphatic carbocycles. The van der Waals surface area contributed by atoms with Gasteiger partial charge in [-0.1, -0.05) is 91.0 Å². The Morgan fingerprint density at radius 2 is 0.853 bits per heavy atom. The smallest absolute Gasteiger partial charge is 0.246 e. The second-order valence-corrected chi connectivity index (χ2v) is 10.9. The summed E-state index contributed by atoms with van der Waals surface area (Å²) in [6.45, 7) is 0. The molecule has 4 aromatic rings. The van der Waals surface area contributed by atoms with Gasteiger partial charge in [-0.15, -0.1) is 0 Å². The molecular weight excluding hydrogens is 422 g/mol. The van der Waals surface area contributed by atoms with Crippen molar-refractivity contribution in [1.29, 1.82) is 0 Å². The van der Waals surface area contributed by atoms with Crippen LogP contribution in [0.15, 0.2) is 101 Å². The van der Waals surface area contributed by atoms with Gasteiger partial charge in [0.05, 0.1) is 12.1 Å². The Balaban J connectivity index is 1.44. The predicted octanol–water partition coefficient (Wildman–Crippen LogP) is 3.16. The van der Waals surface area contributed by atoms with E-state index in [1.165, 1.54) is 21.3 Å². The van der Waals surface area contributed by atoms with Crippen LogP contribution in [-0.2, 0) is 23.3 Å². The van der Waals surface area contributed by atoms with Gasteiger partial charge in [0.2, 0.25) is 0 Å². The summed E-state index contributed by atoms with van der Waals surface area (Å²) in [6.07, 6.45) is 0. The van der Waals surface area contributed by atoms with E-state index < -0.39 is 0 Å². The predicted molar refractivity (Wildman–Crippen MR) is 127 cm³/mol. The summed E-state index contributed by atoms with van der Waals surface area (Å²) in [4.78, 5) is 26.5. The Hall–Kier alpha value is -3.60. The molecule has 5 nitrogen and oxygen atoms in total. The molecule has 8 atom stereocenters. The molecule has 2 unspecified atom stereocenters. The molecule has 0 saturated heterocycles. The molecule has 0 spiro atoms.